The standard InChI is InChI=1S/C17H21NO2/c1-13(2)17(10-9-14-7-5-4-6-8-14)11-15(19)18-16(12-17)20-3/h4-10,12-13H,11H2,1-3H3,(H,18,19)/b10-9+. The van der Waals surface area contributed by atoms with Gasteiger partial charge in [-0.2, -0.15) is 0 Å². The molecule has 1 amide bonds. The number of methoxy groups -OCH3 is 1. The van der Waals surface area contributed by atoms with Crippen LogP contribution in [0.1, 0.15) is 25.8 Å². The lowest BCUT2D eigenvalue weighted by Gasteiger charge is -2.35. The summed E-state index contributed by atoms with van der Waals surface area (Å²) in [6.07, 6.45) is 6.65. The topological polar surface area (TPSA) is 38.3 Å². The lowest BCUT2D eigenvalue weighted by Crippen LogP contribution is -2.38. The van der Waals surface area contributed by atoms with Gasteiger partial charge in [0, 0.05) is 11.8 Å². The van der Waals surface area contributed by atoms with E-state index < -0.39 is 0 Å². The van der Waals surface area contributed by atoms with Crippen molar-refractivity contribution in [3.63, 3.8) is 0 Å². The summed E-state index contributed by atoms with van der Waals surface area (Å²) in [5, 5.41) is 2.74. The van der Waals surface area contributed by atoms with Crippen molar-refractivity contribution >= 4 is 12.0 Å². The Morgan fingerprint density at radius 1 is 1.30 bits per heavy atom. The van der Waals surface area contributed by atoms with E-state index in [0.29, 0.717) is 18.2 Å². The Hall–Kier alpha value is -2.03. The van der Waals surface area contributed by atoms with E-state index in [-0.39, 0.29) is 11.3 Å². The molecule has 1 heterocycles. The zero-order valence-corrected chi connectivity index (χ0v) is 12.2. The Labute approximate surface area is 120 Å². The third kappa shape index (κ3) is 3.10. The van der Waals surface area contributed by atoms with Gasteiger partial charge in [-0.15, -0.1) is 0 Å². The number of hydrogen-bond donors (Lipinski definition) is 1. The van der Waals surface area contributed by atoms with Crippen LogP contribution in [0.5, 0.6) is 0 Å². The summed E-state index contributed by atoms with van der Waals surface area (Å²) >= 11 is 0. The van der Waals surface area contributed by atoms with Gasteiger partial charge in [0.25, 0.3) is 0 Å². The van der Waals surface area contributed by atoms with Crippen LogP contribution in [0.4, 0.5) is 0 Å². The first-order chi connectivity index (χ1) is 9.55. The minimum atomic E-state index is -0.302. The van der Waals surface area contributed by atoms with Gasteiger partial charge in [-0.25, -0.2) is 0 Å². The molecular weight excluding hydrogens is 250 g/mol. The van der Waals surface area contributed by atoms with Crippen LogP contribution in [0, 0.1) is 11.3 Å². The first kappa shape index (κ1) is 14.4. The number of nitrogens with one attached hydrogen (secondary N) is 1. The van der Waals surface area contributed by atoms with Gasteiger partial charge in [-0.05, 0) is 17.6 Å². The Bertz CT molecular complexity index is 531. The highest BCUT2D eigenvalue weighted by atomic mass is 16.5. The lowest BCUT2D eigenvalue weighted by molar-refractivity contribution is -0.123. The number of carbonyl (C=O) groups excluding carboxylic acids is 1. The normalized spacial score (nSPS) is 22.8. The highest BCUT2D eigenvalue weighted by Gasteiger charge is 2.36. The van der Waals surface area contributed by atoms with Crippen LogP contribution in [0.3, 0.4) is 0 Å². The molecule has 1 aliphatic rings. The number of carbonyl (C=O) groups is 1. The lowest BCUT2D eigenvalue weighted by atomic mass is 9.72. The minimum Gasteiger partial charge on any atom is -0.482 e. The highest BCUT2D eigenvalue weighted by Crippen LogP contribution is 2.38. The summed E-state index contributed by atoms with van der Waals surface area (Å²) in [7, 11) is 1.57. The molecule has 3 heteroatoms. The average molecular weight is 271 g/mol. The largest absolute Gasteiger partial charge is 0.482 e. The number of rotatable bonds is 4. The molecule has 0 saturated carbocycles. The number of benzene rings is 1. The van der Waals surface area contributed by atoms with Gasteiger partial charge in [-0.1, -0.05) is 56.3 Å². The maximum absolute atomic E-state index is 11.9. The van der Waals surface area contributed by atoms with Gasteiger partial charge in [0.1, 0.15) is 0 Å². The fourth-order valence-electron chi connectivity index (χ4n) is 2.39. The molecule has 0 aliphatic carbocycles. The molecule has 0 radical (unpaired) electrons. The summed E-state index contributed by atoms with van der Waals surface area (Å²) < 4.78 is 5.21. The van der Waals surface area contributed by atoms with Gasteiger partial charge < -0.3 is 4.74 Å². The fourth-order valence-corrected chi connectivity index (χ4v) is 2.39. The minimum absolute atomic E-state index is 0.00392. The second-order valence-corrected chi connectivity index (χ2v) is 5.45. The van der Waals surface area contributed by atoms with Crippen LogP contribution in [-0.4, -0.2) is 13.0 Å². The van der Waals surface area contributed by atoms with Gasteiger partial charge >= 0.3 is 0 Å². The molecule has 20 heavy (non-hydrogen) atoms. The van der Waals surface area contributed by atoms with Gasteiger partial charge in [0.05, 0.1) is 7.11 Å². The third-order valence-electron chi connectivity index (χ3n) is 3.81. The molecule has 1 atom stereocenters. The second kappa shape index (κ2) is 5.95. The summed E-state index contributed by atoms with van der Waals surface area (Å²) in [6.45, 7) is 4.25. The molecule has 3 nitrogen and oxygen atoms in total. The van der Waals surface area contributed by atoms with E-state index in [2.05, 4.69) is 31.3 Å². The zero-order valence-electron chi connectivity index (χ0n) is 12.2. The molecule has 0 spiro atoms. The molecular formula is C17H21NO2. The Morgan fingerprint density at radius 2 is 2.00 bits per heavy atom. The van der Waals surface area contributed by atoms with Crippen molar-refractivity contribution in [2.24, 2.45) is 11.3 Å². The second-order valence-electron chi connectivity index (χ2n) is 5.45. The molecule has 1 unspecified atom stereocenters. The van der Waals surface area contributed by atoms with Gasteiger partial charge in [0.2, 0.25) is 5.91 Å². The maximum atomic E-state index is 11.9. The Balaban J connectivity index is 2.35. The van der Waals surface area contributed by atoms with E-state index >= 15 is 0 Å². The number of amides is 1. The van der Waals surface area contributed by atoms with E-state index in [1.165, 1.54) is 0 Å². The van der Waals surface area contributed by atoms with Gasteiger partial charge in [-0.3, -0.25) is 10.1 Å². The van der Waals surface area contributed by atoms with E-state index in [9.17, 15) is 4.79 Å². The van der Waals surface area contributed by atoms with Crippen molar-refractivity contribution in [2.45, 2.75) is 20.3 Å². The molecule has 0 fully saturated rings. The first-order valence-electron chi connectivity index (χ1n) is 6.87. The fraction of sp³-hybridized carbons (Fsp3) is 0.353. The van der Waals surface area contributed by atoms with Crippen LogP contribution in [0.2, 0.25) is 0 Å². The summed E-state index contributed by atoms with van der Waals surface area (Å²) in [5.41, 5.74) is 0.828. The van der Waals surface area contributed by atoms with Gasteiger partial charge in [0.15, 0.2) is 5.88 Å². The molecule has 1 aliphatic heterocycles. The summed E-state index contributed by atoms with van der Waals surface area (Å²) in [4.78, 5) is 11.9. The van der Waals surface area contributed by atoms with E-state index in [4.69, 9.17) is 4.74 Å². The SMILES string of the molecule is COC1=CC(/C=C/c2ccccc2)(C(C)C)CC(=O)N1. The van der Waals surface area contributed by atoms with Crippen LogP contribution in [-0.2, 0) is 9.53 Å². The maximum Gasteiger partial charge on any atom is 0.227 e. The van der Waals surface area contributed by atoms with Crippen molar-refractivity contribution in [1.82, 2.24) is 5.32 Å². The zero-order chi connectivity index (χ0) is 14.6. The predicted molar refractivity (Wildman–Crippen MR) is 80.6 cm³/mol. The Morgan fingerprint density at radius 3 is 2.60 bits per heavy atom. The van der Waals surface area contributed by atoms with E-state index in [1.807, 2.05) is 36.4 Å². The number of ether oxygens (including phenoxy) is 1. The van der Waals surface area contributed by atoms with Crippen molar-refractivity contribution in [3.8, 4) is 0 Å². The van der Waals surface area contributed by atoms with Crippen LogP contribution < -0.4 is 5.32 Å². The van der Waals surface area contributed by atoms with Crippen molar-refractivity contribution in [1.29, 1.82) is 0 Å². The monoisotopic (exact) mass is 271 g/mol. The molecule has 1 N–H and O–H groups in total. The van der Waals surface area contributed by atoms with E-state index in [0.717, 1.165) is 5.56 Å². The molecule has 1 aromatic carbocycles. The third-order valence-corrected chi connectivity index (χ3v) is 3.81. The number of hydrogen-bond acceptors (Lipinski definition) is 2. The van der Waals surface area contributed by atoms with Crippen molar-refractivity contribution < 1.29 is 9.53 Å². The van der Waals surface area contributed by atoms with E-state index in [1.54, 1.807) is 7.11 Å². The molecule has 0 aromatic heterocycles. The Kier molecular flexibility index (Phi) is 4.28. The molecule has 0 saturated heterocycles. The average Bonchev–Trinajstić information content (AvgIpc) is 2.45. The van der Waals surface area contributed by atoms with Crippen LogP contribution in [0.15, 0.2) is 48.4 Å². The highest BCUT2D eigenvalue weighted by molar-refractivity contribution is 5.80. The number of allylic oxidation sites excluding steroid dienone is 2. The van der Waals surface area contributed by atoms with Crippen molar-refractivity contribution in [2.75, 3.05) is 7.11 Å². The van der Waals surface area contributed by atoms with Crippen LogP contribution in [0.25, 0.3) is 6.08 Å². The molecule has 0 bridgehead atoms. The predicted octanol–water partition coefficient (Wildman–Crippen LogP) is 3.35. The van der Waals surface area contributed by atoms with Crippen molar-refractivity contribution in [3.05, 3.63) is 53.9 Å². The molecule has 1 aromatic rings. The smallest absolute Gasteiger partial charge is 0.227 e. The van der Waals surface area contributed by atoms with Crippen LogP contribution >= 0.6 is 0 Å². The first-order valence-corrected chi connectivity index (χ1v) is 6.87. The summed E-state index contributed by atoms with van der Waals surface area (Å²) in [5.74, 6) is 0.835. The quantitative estimate of drug-likeness (QED) is 0.912. The summed E-state index contributed by atoms with van der Waals surface area (Å²) in [6, 6.07) is 10.1. The molecule has 2 rings (SSSR count). The molecule has 106 valence electrons.